The summed E-state index contributed by atoms with van der Waals surface area (Å²) in [5.74, 6) is -0.384. The molecule has 0 saturated carbocycles. The Kier molecular flexibility index (Phi) is 4.00. The van der Waals surface area contributed by atoms with Crippen molar-refractivity contribution in [1.82, 2.24) is 0 Å². The van der Waals surface area contributed by atoms with Crippen LogP contribution in [0.5, 0.6) is 5.75 Å². The van der Waals surface area contributed by atoms with Gasteiger partial charge in [-0.3, -0.25) is 4.79 Å². The zero-order valence-electron chi connectivity index (χ0n) is 12.8. The quantitative estimate of drug-likeness (QED) is 0.688. The average Bonchev–Trinajstić information content (AvgIpc) is 2.54. The fraction of sp³-hybridized carbons (Fsp3) is 0.105. The fourth-order valence-electron chi connectivity index (χ4n) is 2.59. The van der Waals surface area contributed by atoms with Crippen LogP contribution in [0, 0.1) is 0 Å². The highest BCUT2D eigenvalue weighted by Gasteiger charge is 2.15. The predicted molar refractivity (Wildman–Crippen MR) is 92.6 cm³/mol. The minimum Gasteiger partial charge on any atom is -0.507 e. The number of nitrogens with two attached hydrogens (primary N) is 1. The summed E-state index contributed by atoms with van der Waals surface area (Å²) in [5, 5.41) is 14.6. The highest BCUT2D eigenvalue weighted by atomic mass is 16.3. The van der Waals surface area contributed by atoms with E-state index < -0.39 is 0 Å². The van der Waals surface area contributed by atoms with Gasteiger partial charge in [0, 0.05) is 11.7 Å². The predicted octanol–water partition coefficient (Wildman–Crippen LogP) is 3.82. The molecule has 23 heavy (non-hydrogen) atoms. The van der Waals surface area contributed by atoms with Gasteiger partial charge in [0.25, 0.3) is 5.91 Å². The number of carbonyl (C=O) groups excluding carboxylic acids is 1. The number of hydrogen-bond acceptors (Lipinski definition) is 3. The molecule has 3 rings (SSSR count). The number of rotatable bonds is 3. The molecule has 0 aliphatic rings. The van der Waals surface area contributed by atoms with Crippen LogP contribution >= 0.6 is 0 Å². The highest BCUT2D eigenvalue weighted by molar-refractivity contribution is 6.14. The summed E-state index contributed by atoms with van der Waals surface area (Å²) in [6.45, 7) is 1.89. The second-order valence-electron chi connectivity index (χ2n) is 5.55. The van der Waals surface area contributed by atoms with Gasteiger partial charge in [0.1, 0.15) is 5.75 Å². The van der Waals surface area contributed by atoms with Crippen LogP contribution in [0.2, 0.25) is 0 Å². The number of hydrogen-bond donors (Lipinski definition) is 3. The van der Waals surface area contributed by atoms with Crippen LogP contribution in [-0.2, 0) is 0 Å². The van der Waals surface area contributed by atoms with E-state index in [0.717, 1.165) is 10.9 Å². The number of anilines is 1. The lowest BCUT2D eigenvalue weighted by Gasteiger charge is -2.12. The molecule has 0 bridgehead atoms. The SMILES string of the molecule is C[C@@H](N)c1cccc(NC(=O)c2c(O)ccc3ccccc23)c1. The van der Waals surface area contributed by atoms with E-state index in [4.69, 9.17) is 5.73 Å². The fourth-order valence-corrected chi connectivity index (χ4v) is 2.59. The third kappa shape index (κ3) is 3.03. The van der Waals surface area contributed by atoms with Gasteiger partial charge in [-0.1, -0.05) is 42.5 Å². The Labute approximate surface area is 134 Å². The monoisotopic (exact) mass is 306 g/mol. The number of phenolic OH excluding ortho intramolecular Hbond substituents is 1. The number of benzene rings is 3. The topological polar surface area (TPSA) is 75.3 Å². The van der Waals surface area contributed by atoms with E-state index in [1.54, 1.807) is 12.1 Å². The first-order valence-corrected chi connectivity index (χ1v) is 7.44. The molecule has 0 heterocycles. The number of carbonyl (C=O) groups is 1. The molecule has 116 valence electrons. The third-order valence-corrected chi connectivity index (χ3v) is 3.80. The molecule has 0 spiro atoms. The van der Waals surface area contributed by atoms with Crippen LogP contribution in [0.4, 0.5) is 5.69 Å². The molecule has 1 amide bonds. The molecule has 0 aliphatic carbocycles. The van der Waals surface area contributed by atoms with Crippen molar-refractivity contribution in [2.75, 3.05) is 5.32 Å². The Balaban J connectivity index is 1.98. The van der Waals surface area contributed by atoms with E-state index in [0.29, 0.717) is 11.1 Å². The second-order valence-corrected chi connectivity index (χ2v) is 5.55. The zero-order valence-corrected chi connectivity index (χ0v) is 12.8. The standard InChI is InChI=1S/C19H18N2O2/c1-12(20)14-6-4-7-15(11-14)21-19(23)18-16-8-3-2-5-13(16)9-10-17(18)22/h2-12,22H,20H2,1H3,(H,21,23)/t12-/m1/s1. The Morgan fingerprint density at radius 2 is 1.87 bits per heavy atom. The van der Waals surface area contributed by atoms with Gasteiger partial charge in [-0.25, -0.2) is 0 Å². The van der Waals surface area contributed by atoms with Crippen molar-refractivity contribution in [2.24, 2.45) is 5.73 Å². The smallest absolute Gasteiger partial charge is 0.260 e. The molecule has 0 fully saturated rings. The third-order valence-electron chi connectivity index (χ3n) is 3.80. The van der Waals surface area contributed by atoms with Gasteiger partial charge < -0.3 is 16.2 Å². The molecule has 0 saturated heterocycles. The maximum Gasteiger partial charge on any atom is 0.260 e. The largest absolute Gasteiger partial charge is 0.507 e. The maximum absolute atomic E-state index is 12.6. The van der Waals surface area contributed by atoms with E-state index >= 15 is 0 Å². The van der Waals surface area contributed by atoms with Crippen molar-refractivity contribution in [2.45, 2.75) is 13.0 Å². The summed E-state index contributed by atoms with van der Waals surface area (Å²) >= 11 is 0. The van der Waals surface area contributed by atoms with Crippen molar-refractivity contribution >= 4 is 22.4 Å². The van der Waals surface area contributed by atoms with Gasteiger partial charge in [-0.2, -0.15) is 0 Å². The normalized spacial score (nSPS) is 12.1. The minimum absolute atomic E-state index is 0.0375. The number of amides is 1. The molecule has 4 N–H and O–H groups in total. The first kappa shape index (κ1) is 15.1. The first-order chi connectivity index (χ1) is 11.1. The molecule has 4 nitrogen and oxygen atoms in total. The molecule has 3 aromatic carbocycles. The molecular formula is C19H18N2O2. The van der Waals surface area contributed by atoms with Crippen molar-refractivity contribution in [3.05, 3.63) is 71.8 Å². The van der Waals surface area contributed by atoms with Crippen molar-refractivity contribution in [1.29, 1.82) is 0 Å². The van der Waals surface area contributed by atoms with Crippen LogP contribution in [0.25, 0.3) is 10.8 Å². The molecule has 0 aromatic heterocycles. The Morgan fingerprint density at radius 3 is 2.65 bits per heavy atom. The van der Waals surface area contributed by atoms with Crippen LogP contribution in [0.1, 0.15) is 28.9 Å². The number of fused-ring (bicyclic) bond motifs is 1. The van der Waals surface area contributed by atoms with Gasteiger partial charge in [0.05, 0.1) is 5.56 Å². The van der Waals surface area contributed by atoms with Crippen molar-refractivity contribution < 1.29 is 9.90 Å². The highest BCUT2D eigenvalue weighted by Crippen LogP contribution is 2.28. The van der Waals surface area contributed by atoms with Gasteiger partial charge in [0.2, 0.25) is 0 Å². The number of aromatic hydroxyl groups is 1. The molecular weight excluding hydrogens is 288 g/mol. The summed E-state index contributed by atoms with van der Waals surface area (Å²) < 4.78 is 0. The summed E-state index contributed by atoms with van der Waals surface area (Å²) in [6.07, 6.45) is 0. The van der Waals surface area contributed by atoms with Crippen molar-refractivity contribution in [3.8, 4) is 5.75 Å². The number of nitrogens with one attached hydrogen (secondary N) is 1. The summed E-state index contributed by atoms with van der Waals surface area (Å²) in [4.78, 5) is 12.6. The Bertz CT molecular complexity index is 872. The molecule has 1 atom stereocenters. The van der Waals surface area contributed by atoms with Crippen LogP contribution in [0.15, 0.2) is 60.7 Å². The summed E-state index contributed by atoms with van der Waals surface area (Å²) in [5.41, 5.74) is 7.73. The maximum atomic E-state index is 12.6. The lowest BCUT2D eigenvalue weighted by molar-refractivity contribution is 0.102. The minimum atomic E-state index is -0.346. The van der Waals surface area contributed by atoms with E-state index in [2.05, 4.69) is 5.32 Å². The lowest BCUT2D eigenvalue weighted by Crippen LogP contribution is -2.13. The van der Waals surface area contributed by atoms with Gasteiger partial charge >= 0.3 is 0 Å². The number of phenols is 1. The van der Waals surface area contributed by atoms with E-state index in [1.807, 2.05) is 49.4 Å². The van der Waals surface area contributed by atoms with Crippen LogP contribution in [-0.4, -0.2) is 11.0 Å². The molecule has 0 aliphatic heterocycles. The van der Waals surface area contributed by atoms with Crippen LogP contribution in [0.3, 0.4) is 0 Å². The molecule has 0 radical (unpaired) electrons. The van der Waals surface area contributed by atoms with E-state index in [9.17, 15) is 9.90 Å². The van der Waals surface area contributed by atoms with E-state index in [-0.39, 0.29) is 23.3 Å². The Hall–Kier alpha value is -2.85. The second kappa shape index (κ2) is 6.10. The average molecular weight is 306 g/mol. The molecule has 3 aromatic rings. The van der Waals surface area contributed by atoms with E-state index in [1.165, 1.54) is 6.07 Å². The Morgan fingerprint density at radius 1 is 1.09 bits per heavy atom. The van der Waals surface area contributed by atoms with Crippen LogP contribution < -0.4 is 11.1 Å². The summed E-state index contributed by atoms with van der Waals surface area (Å²) in [6, 6.07) is 18.1. The van der Waals surface area contributed by atoms with Gasteiger partial charge in [-0.15, -0.1) is 0 Å². The molecule has 4 heteroatoms. The lowest BCUT2D eigenvalue weighted by atomic mass is 10.0. The van der Waals surface area contributed by atoms with Crippen molar-refractivity contribution in [3.63, 3.8) is 0 Å². The first-order valence-electron chi connectivity index (χ1n) is 7.44. The van der Waals surface area contributed by atoms with Gasteiger partial charge in [-0.05, 0) is 41.5 Å². The zero-order chi connectivity index (χ0) is 16.4. The molecule has 0 unspecified atom stereocenters. The van der Waals surface area contributed by atoms with Gasteiger partial charge in [0.15, 0.2) is 0 Å². The summed E-state index contributed by atoms with van der Waals surface area (Å²) in [7, 11) is 0.